The first-order valence-corrected chi connectivity index (χ1v) is 6.14. The van der Waals surface area contributed by atoms with Crippen LogP contribution in [0.1, 0.15) is 18.5 Å². The molecule has 5 heteroatoms. The van der Waals surface area contributed by atoms with Crippen LogP contribution < -0.4 is 10.6 Å². The number of aliphatic hydroxyl groups excluding tert-OH is 1. The summed E-state index contributed by atoms with van der Waals surface area (Å²) in [6, 6.07) is 4.88. The second-order valence-corrected chi connectivity index (χ2v) is 4.62. The van der Waals surface area contributed by atoms with E-state index in [9.17, 15) is 4.39 Å². The van der Waals surface area contributed by atoms with Crippen molar-refractivity contribution in [2.45, 2.75) is 19.1 Å². The zero-order valence-corrected chi connectivity index (χ0v) is 10.5. The largest absolute Gasteiger partial charge is 0.394 e. The Kier molecular flexibility index (Phi) is 4.16. The minimum atomic E-state index is -0.275. The Morgan fingerprint density at radius 1 is 1.61 bits per heavy atom. The molecule has 0 amide bonds. The van der Waals surface area contributed by atoms with Crippen molar-refractivity contribution in [1.29, 1.82) is 0 Å². The Balaban J connectivity index is 2.17. The van der Waals surface area contributed by atoms with Gasteiger partial charge < -0.3 is 20.5 Å². The van der Waals surface area contributed by atoms with Gasteiger partial charge in [-0.15, -0.1) is 0 Å². The van der Waals surface area contributed by atoms with E-state index in [0.29, 0.717) is 25.4 Å². The van der Waals surface area contributed by atoms with Crippen LogP contribution in [0.3, 0.4) is 0 Å². The van der Waals surface area contributed by atoms with Gasteiger partial charge in [-0.05, 0) is 24.6 Å². The number of ether oxygens (including phenoxy) is 1. The predicted octanol–water partition coefficient (Wildman–Crippen LogP) is 1.04. The van der Waals surface area contributed by atoms with Crippen molar-refractivity contribution in [3.63, 3.8) is 0 Å². The summed E-state index contributed by atoms with van der Waals surface area (Å²) < 4.78 is 19.4. The number of nitrogens with two attached hydrogens (primary N) is 1. The van der Waals surface area contributed by atoms with Crippen LogP contribution in [0.4, 0.5) is 10.1 Å². The van der Waals surface area contributed by atoms with Crippen LogP contribution in [-0.2, 0) is 4.74 Å². The molecular weight excluding hydrogens is 235 g/mol. The third-order valence-corrected chi connectivity index (χ3v) is 3.18. The number of rotatable bonds is 3. The van der Waals surface area contributed by atoms with E-state index in [1.165, 1.54) is 6.07 Å². The van der Waals surface area contributed by atoms with E-state index in [-0.39, 0.29) is 24.6 Å². The molecule has 1 aliphatic heterocycles. The molecule has 1 aromatic rings. The predicted molar refractivity (Wildman–Crippen MR) is 68.0 cm³/mol. The molecule has 100 valence electrons. The average molecular weight is 254 g/mol. The van der Waals surface area contributed by atoms with Crippen molar-refractivity contribution in [3.8, 4) is 0 Å². The first-order chi connectivity index (χ1) is 8.61. The first kappa shape index (κ1) is 13.3. The molecule has 1 aliphatic rings. The second kappa shape index (κ2) is 5.65. The van der Waals surface area contributed by atoms with Crippen molar-refractivity contribution in [2.75, 3.05) is 31.2 Å². The molecule has 18 heavy (non-hydrogen) atoms. The van der Waals surface area contributed by atoms with Crippen LogP contribution in [0.5, 0.6) is 0 Å². The maximum atomic E-state index is 14.0. The number of morpholine rings is 1. The molecule has 0 aliphatic carbocycles. The molecule has 1 fully saturated rings. The summed E-state index contributed by atoms with van der Waals surface area (Å²) in [5, 5.41) is 9.08. The van der Waals surface area contributed by atoms with E-state index in [1.807, 2.05) is 17.9 Å². The van der Waals surface area contributed by atoms with Gasteiger partial charge in [-0.2, -0.15) is 0 Å². The van der Waals surface area contributed by atoms with E-state index in [4.69, 9.17) is 15.6 Å². The SMILES string of the molecule is C[C@@H](N)c1ccc(N2CCOC(CO)C2)c(F)c1. The van der Waals surface area contributed by atoms with Crippen LogP contribution in [0.15, 0.2) is 18.2 Å². The molecule has 0 saturated carbocycles. The van der Waals surface area contributed by atoms with Crippen molar-refractivity contribution in [3.05, 3.63) is 29.6 Å². The lowest BCUT2D eigenvalue weighted by atomic mass is 10.1. The van der Waals surface area contributed by atoms with Gasteiger partial charge in [0.15, 0.2) is 0 Å². The Hall–Kier alpha value is -1.17. The Morgan fingerprint density at radius 2 is 2.39 bits per heavy atom. The van der Waals surface area contributed by atoms with E-state index >= 15 is 0 Å². The zero-order chi connectivity index (χ0) is 13.1. The second-order valence-electron chi connectivity index (χ2n) is 4.62. The van der Waals surface area contributed by atoms with Gasteiger partial charge in [0.1, 0.15) is 5.82 Å². The average Bonchev–Trinajstić information content (AvgIpc) is 2.38. The Morgan fingerprint density at radius 3 is 3.00 bits per heavy atom. The molecule has 2 rings (SSSR count). The van der Waals surface area contributed by atoms with Crippen LogP contribution in [0.2, 0.25) is 0 Å². The molecule has 4 nitrogen and oxygen atoms in total. The zero-order valence-electron chi connectivity index (χ0n) is 10.5. The number of aliphatic hydroxyl groups is 1. The third-order valence-electron chi connectivity index (χ3n) is 3.18. The molecule has 0 radical (unpaired) electrons. The van der Waals surface area contributed by atoms with Crippen LogP contribution >= 0.6 is 0 Å². The summed E-state index contributed by atoms with van der Waals surface area (Å²) in [4.78, 5) is 1.89. The topological polar surface area (TPSA) is 58.7 Å². The van der Waals surface area contributed by atoms with Gasteiger partial charge in [0.25, 0.3) is 0 Å². The summed E-state index contributed by atoms with van der Waals surface area (Å²) >= 11 is 0. The van der Waals surface area contributed by atoms with Crippen molar-refractivity contribution in [2.24, 2.45) is 5.73 Å². The monoisotopic (exact) mass is 254 g/mol. The highest BCUT2D eigenvalue weighted by Crippen LogP contribution is 2.24. The molecule has 0 spiro atoms. The van der Waals surface area contributed by atoms with Crippen LogP contribution in [0.25, 0.3) is 0 Å². The fourth-order valence-corrected chi connectivity index (χ4v) is 2.11. The van der Waals surface area contributed by atoms with E-state index in [2.05, 4.69) is 0 Å². The molecule has 2 atom stereocenters. The molecule has 1 heterocycles. The lowest BCUT2D eigenvalue weighted by Gasteiger charge is -2.34. The third kappa shape index (κ3) is 2.80. The van der Waals surface area contributed by atoms with E-state index < -0.39 is 0 Å². The van der Waals surface area contributed by atoms with Gasteiger partial charge in [0, 0.05) is 19.1 Å². The summed E-state index contributed by atoms with van der Waals surface area (Å²) in [5.74, 6) is -0.275. The number of halogens is 1. The van der Waals surface area contributed by atoms with Crippen molar-refractivity contribution in [1.82, 2.24) is 0 Å². The minimum absolute atomic E-state index is 0.0456. The van der Waals surface area contributed by atoms with Crippen LogP contribution in [0, 0.1) is 5.82 Å². The van der Waals surface area contributed by atoms with Gasteiger partial charge in [0.2, 0.25) is 0 Å². The normalized spacial score (nSPS) is 22.0. The smallest absolute Gasteiger partial charge is 0.146 e. The fraction of sp³-hybridized carbons (Fsp3) is 0.538. The van der Waals surface area contributed by atoms with Gasteiger partial charge in [-0.25, -0.2) is 4.39 Å². The van der Waals surface area contributed by atoms with E-state index in [1.54, 1.807) is 6.07 Å². The number of anilines is 1. The molecule has 1 saturated heterocycles. The van der Waals surface area contributed by atoms with Gasteiger partial charge >= 0.3 is 0 Å². The number of hydrogen-bond donors (Lipinski definition) is 2. The number of nitrogens with zero attached hydrogens (tertiary/aromatic N) is 1. The quantitative estimate of drug-likeness (QED) is 0.846. The molecule has 3 N–H and O–H groups in total. The highest BCUT2D eigenvalue weighted by molar-refractivity contribution is 5.50. The summed E-state index contributed by atoms with van der Waals surface area (Å²) in [6.07, 6.45) is -0.244. The molecule has 1 unspecified atom stereocenters. The molecule has 0 aromatic heterocycles. The number of hydrogen-bond acceptors (Lipinski definition) is 4. The highest BCUT2D eigenvalue weighted by Gasteiger charge is 2.22. The first-order valence-electron chi connectivity index (χ1n) is 6.14. The highest BCUT2D eigenvalue weighted by atomic mass is 19.1. The lowest BCUT2D eigenvalue weighted by Crippen LogP contribution is -2.44. The summed E-state index contributed by atoms with van der Waals surface area (Å²) in [7, 11) is 0. The Labute approximate surface area is 106 Å². The van der Waals surface area contributed by atoms with Crippen LogP contribution in [-0.4, -0.2) is 37.5 Å². The maximum absolute atomic E-state index is 14.0. The molecular formula is C13H19FN2O2. The summed E-state index contributed by atoms with van der Waals surface area (Å²) in [6.45, 7) is 3.41. The maximum Gasteiger partial charge on any atom is 0.146 e. The van der Waals surface area contributed by atoms with Gasteiger partial charge in [0.05, 0.1) is 25.0 Å². The molecule has 1 aromatic carbocycles. The Bertz CT molecular complexity index is 412. The van der Waals surface area contributed by atoms with Gasteiger partial charge in [-0.1, -0.05) is 6.07 Å². The number of benzene rings is 1. The fourth-order valence-electron chi connectivity index (χ4n) is 2.11. The minimum Gasteiger partial charge on any atom is -0.394 e. The van der Waals surface area contributed by atoms with E-state index in [0.717, 1.165) is 5.56 Å². The lowest BCUT2D eigenvalue weighted by molar-refractivity contribution is 0.00340. The van der Waals surface area contributed by atoms with Gasteiger partial charge in [-0.3, -0.25) is 0 Å². The van der Waals surface area contributed by atoms with Crippen molar-refractivity contribution >= 4 is 5.69 Å². The standard InChI is InChI=1S/C13H19FN2O2/c1-9(15)10-2-3-13(12(14)6-10)16-4-5-18-11(7-16)8-17/h2-3,6,9,11,17H,4-5,7-8,15H2,1H3/t9-,11?/m1/s1. The molecule has 0 bridgehead atoms. The summed E-state index contributed by atoms with van der Waals surface area (Å²) in [5.41, 5.74) is 7.04. The van der Waals surface area contributed by atoms with Crippen molar-refractivity contribution < 1.29 is 14.2 Å².